The van der Waals surface area contributed by atoms with Gasteiger partial charge in [0.2, 0.25) is 0 Å². The Morgan fingerprint density at radius 2 is 1.72 bits per heavy atom. The van der Waals surface area contributed by atoms with Gasteiger partial charge in [0, 0.05) is 10.9 Å². The summed E-state index contributed by atoms with van der Waals surface area (Å²) in [4.78, 5) is 0.173. The number of rotatable bonds is 5. The van der Waals surface area contributed by atoms with Gasteiger partial charge in [-0.1, -0.05) is 12.1 Å². The second kappa shape index (κ2) is 7.89. The molecule has 7 heteroatoms. The maximum atomic E-state index is 12.1. The highest BCUT2D eigenvalue weighted by atomic mass is 35.5. The minimum Gasteiger partial charge on any atom is -0.330 e. The van der Waals surface area contributed by atoms with E-state index in [-0.39, 0.29) is 35.1 Å². The van der Waals surface area contributed by atoms with Crippen LogP contribution in [0.25, 0.3) is 0 Å². The van der Waals surface area contributed by atoms with Gasteiger partial charge in [0.15, 0.2) is 0 Å². The van der Waals surface area contributed by atoms with Gasteiger partial charge in [-0.15, -0.1) is 12.4 Å². The standard InChI is InChI=1S/C11H15F3N2S.ClH/c12-11(13,14)17-9-5-3-8(4-6-9)10(16)2-1-7-15;/h3-6,10H,1-2,7,15-16H2;1H/t10-;/m0./s1. The van der Waals surface area contributed by atoms with Crippen LogP contribution in [0.5, 0.6) is 0 Å². The van der Waals surface area contributed by atoms with E-state index < -0.39 is 5.51 Å². The first-order valence-corrected chi connectivity index (χ1v) is 6.05. The first-order chi connectivity index (χ1) is 7.92. The molecule has 0 aliphatic carbocycles. The normalized spacial score (nSPS) is 12.9. The summed E-state index contributed by atoms with van der Waals surface area (Å²) in [6.45, 7) is 0.565. The number of alkyl halides is 3. The first kappa shape index (κ1) is 17.6. The number of halogens is 4. The van der Waals surface area contributed by atoms with Crippen molar-refractivity contribution in [2.24, 2.45) is 11.5 Å². The van der Waals surface area contributed by atoms with E-state index in [4.69, 9.17) is 11.5 Å². The molecule has 2 nitrogen and oxygen atoms in total. The predicted octanol–water partition coefficient (Wildman–Crippen LogP) is 3.46. The van der Waals surface area contributed by atoms with Crippen molar-refractivity contribution in [3.63, 3.8) is 0 Å². The van der Waals surface area contributed by atoms with E-state index in [1.165, 1.54) is 12.1 Å². The average molecular weight is 301 g/mol. The molecule has 0 radical (unpaired) electrons. The maximum absolute atomic E-state index is 12.1. The molecule has 0 spiro atoms. The summed E-state index contributed by atoms with van der Waals surface area (Å²) in [5.74, 6) is 0. The fourth-order valence-corrected chi connectivity index (χ4v) is 1.96. The summed E-state index contributed by atoms with van der Waals surface area (Å²) in [7, 11) is 0. The fourth-order valence-electron chi connectivity index (χ4n) is 1.42. The highest BCUT2D eigenvalue weighted by molar-refractivity contribution is 8.00. The number of thioether (sulfide) groups is 1. The molecule has 0 fully saturated rings. The van der Waals surface area contributed by atoms with Gasteiger partial charge in [-0.3, -0.25) is 0 Å². The molecule has 0 aliphatic heterocycles. The van der Waals surface area contributed by atoms with Crippen LogP contribution in [-0.2, 0) is 0 Å². The number of benzene rings is 1. The van der Waals surface area contributed by atoms with Crippen molar-refractivity contribution < 1.29 is 13.2 Å². The van der Waals surface area contributed by atoms with Crippen LogP contribution in [0.3, 0.4) is 0 Å². The van der Waals surface area contributed by atoms with Gasteiger partial charge in [0.25, 0.3) is 0 Å². The Morgan fingerprint density at radius 1 is 1.17 bits per heavy atom. The summed E-state index contributed by atoms with van der Waals surface area (Å²) < 4.78 is 36.3. The quantitative estimate of drug-likeness (QED) is 0.819. The van der Waals surface area contributed by atoms with Crippen molar-refractivity contribution in [1.29, 1.82) is 0 Å². The third-order valence-electron chi connectivity index (χ3n) is 2.26. The van der Waals surface area contributed by atoms with Crippen LogP contribution in [0.15, 0.2) is 29.2 Å². The van der Waals surface area contributed by atoms with Gasteiger partial charge < -0.3 is 11.5 Å². The van der Waals surface area contributed by atoms with Crippen LogP contribution < -0.4 is 11.5 Å². The Hall–Kier alpha value is -0.430. The summed E-state index contributed by atoms with van der Waals surface area (Å²) in [5.41, 5.74) is 7.83. The van der Waals surface area contributed by atoms with Gasteiger partial charge in [0.05, 0.1) is 0 Å². The van der Waals surface area contributed by atoms with E-state index in [1.807, 2.05) is 0 Å². The Labute approximate surface area is 115 Å². The number of hydrogen-bond acceptors (Lipinski definition) is 3. The van der Waals surface area contributed by atoms with E-state index in [2.05, 4.69) is 0 Å². The zero-order valence-electron chi connectivity index (χ0n) is 9.61. The molecule has 0 aromatic heterocycles. The summed E-state index contributed by atoms with van der Waals surface area (Å²) in [6, 6.07) is 5.99. The second-order valence-corrected chi connectivity index (χ2v) is 4.79. The maximum Gasteiger partial charge on any atom is 0.446 e. The van der Waals surface area contributed by atoms with Gasteiger partial charge in [-0.25, -0.2) is 0 Å². The minimum absolute atomic E-state index is 0. The molecule has 0 heterocycles. The zero-order chi connectivity index (χ0) is 12.9. The Morgan fingerprint density at radius 3 is 2.17 bits per heavy atom. The highest BCUT2D eigenvalue weighted by Crippen LogP contribution is 2.37. The monoisotopic (exact) mass is 300 g/mol. The van der Waals surface area contributed by atoms with Crippen molar-refractivity contribution in [3.05, 3.63) is 29.8 Å². The van der Waals surface area contributed by atoms with E-state index in [0.29, 0.717) is 6.54 Å². The molecule has 0 unspecified atom stereocenters. The molecule has 104 valence electrons. The largest absolute Gasteiger partial charge is 0.446 e. The molecule has 0 saturated carbocycles. The summed E-state index contributed by atoms with van der Waals surface area (Å²) >= 11 is -0.122. The summed E-state index contributed by atoms with van der Waals surface area (Å²) in [5, 5.41) is 0. The van der Waals surface area contributed by atoms with E-state index >= 15 is 0 Å². The zero-order valence-corrected chi connectivity index (χ0v) is 11.2. The van der Waals surface area contributed by atoms with Gasteiger partial charge in [-0.05, 0) is 48.8 Å². The lowest BCUT2D eigenvalue weighted by Crippen LogP contribution is -2.12. The first-order valence-electron chi connectivity index (χ1n) is 5.24. The van der Waals surface area contributed by atoms with Crippen LogP contribution in [0.1, 0.15) is 24.4 Å². The molecular formula is C11H16ClF3N2S. The van der Waals surface area contributed by atoms with Crippen LogP contribution in [-0.4, -0.2) is 12.1 Å². The molecule has 1 rings (SSSR count). The SMILES string of the molecule is Cl.NCCC[C@H](N)c1ccc(SC(F)(F)F)cc1. The summed E-state index contributed by atoms with van der Waals surface area (Å²) in [6.07, 6.45) is 1.54. The average Bonchev–Trinajstić information content (AvgIpc) is 2.24. The number of hydrogen-bond donors (Lipinski definition) is 2. The molecule has 1 atom stereocenters. The van der Waals surface area contributed by atoms with Crippen molar-refractivity contribution in [2.75, 3.05) is 6.54 Å². The van der Waals surface area contributed by atoms with Crippen LogP contribution in [0.2, 0.25) is 0 Å². The van der Waals surface area contributed by atoms with Crippen LogP contribution in [0.4, 0.5) is 13.2 Å². The Kier molecular flexibility index (Phi) is 7.70. The lowest BCUT2D eigenvalue weighted by atomic mass is 10.0. The molecule has 18 heavy (non-hydrogen) atoms. The van der Waals surface area contributed by atoms with E-state index in [0.717, 1.165) is 18.4 Å². The third-order valence-corrected chi connectivity index (χ3v) is 3.00. The topological polar surface area (TPSA) is 52.0 Å². The molecular weight excluding hydrogens is 285 g/mol. The molecule has 0 bridgehead atoms. The Bertz CT molecular complexity index is 343. The van der Waals surface area contributed by atoms with Crippen molar-refractivity contribution in [2.45, 2.75) is 29.3 Å². The minimum atomic E-state index is -4.25. The fraction of sp³-hybridized carbons (Fsp3) is 0.455. The lowest BCUT2D eigenvalue weighted by molar-refractivity contribution is -0.0328. The molecule has 0 aliphatic rings. The smallest absolute Gasteiger partial charge is 0.330 e. The van der Waals surface area contributed by atoms with Crippen molar-refractivity contribution >= 4 is 24.2 Å². The van der Waals surface area contributed by atoms with Gasteiger partial charge in [0.1, 0.15) is 0 Å². The van der Waals surface area contributed by atoms with Crippen molar-refractivity contribution in [1.82, 2.24) is 0 Å². The van der Waals surface area contributed by atoms with E-state index in [1.54, 1.807) is 12.1 Å². The van der Waals surface area contributed by atoms with Gasteiger partial charge in [-0.2, -0.15) is 13.2 Å². The third kappa shape index (κ3) is 6.49. The highest BCUT2D eigenvalue weighted by Gasteiger charge is 2.29. The molecule has 1 aromatic rings. The van der Waals surface area contributed by atoms with Crippen LogP contribution >= 0.6 is 24.2 Å². The molecule has 1 aromatic carbocycles. The lowest BCUT2D eigenvalue weighted by Gasteiger charge is -2.12. The van der Waals surface area contributed by atoms with E-state index in [9.17, 15) is 13.2 Å². The van der Waals surface area contributed by atoms with Crippen molar-refractivity contribution in [3.8, 4) is 0 Å². The molecule has 0 saturated heterocycles. The number of nitrogens with two attached hydrogens (primary N) is 2. The molecule has 0 amide bonds. The van der Waals surface area contributed by atoms with Crippen LogP contribution in [0, 0.1) is 0 Å². The van der Waals surface area contributed by atoms with Gasteiger partial charge >= 0.3 is 5.51 Å². The Balaban J connectivity index is 0.00000289. The second-order valence-electron chi connectivity index (χ2n) is 3.65. The molecule has 4 N–H and O–H groups in total. The predicted molar refractivity (Wildman–Crippen MR) is 70.8 cm³/mol.